The first-order valence-corrected chi connectivity index (χ1v) is 16.7. The zero-order valence-corrected chi connectivity index (χ0v) is 27.1. The topological polar surface area (TPSA) is 51.6 Å². The van der Waals surface area contributed by atoms with Gasteiger partial charge < -0.3 is 0 Å². The lowest BCUT2D eigenvalue weighted by Gasteiger charge is -2.13. The van der Waals surface area contributed by atoms with Crippen LogP contribution in [0.15, 0.2) is 182 Å². The Balaban J connectivity index is 1.17. The summed E-state index contributed by atoms with van der Waals surface area (Å²) in [7, 11) is 0. The summed E-state index contributed by atoms with van der Waals surface area (Å²) in [5.74, 6) is 1.90. The van der Waals surface area contributed by atoms with E-state index in [9.17, 15) is 0 Å². The summed E-state index contributed by atoms with van der Waals surface area (Å²) >= 11 is 0. The average Bonchev–Trinajstić information content (AvgIpc) is 3.21. The van der Waals surface area contributed by atoms with Crippen LogP contribution in [0.3, 0.4) is 0 Å². The lowest BCUT2D eigenvalue weighted by atomic mass is 9.92. The zero-order chi connectivity index (χ0) is 33.3. The van der Waals surface area contributed by atoms with E-state index >= 15 is 0 Å². The first-order valence-electron chi connectivity index (χ1n) is 16.7. The standard InChI is InChI=1S/C46H30N4/c1-3-14-32(15-4-1)44-48-45(33-16-5-2-6-17-33)50-46(49-44)38-22-10-21-36(28-38)42-30-39(29-37-23-12-26-47-43(37)42)34-19-9-20-35(27-34)41-25-11-18-31-13-7-8-24-40(31)41/h1-30H. The van der Waals surface area contributed by atoms with Crippen molar-refractivity contribution < 1.29 is 0 Å². The van der Waals surface area contributed by atoms with Crippen LogP contribution in [0, 0.1) is 0 Å². The fourth-order valence-electron chi connectivity index (χ4n) is 6.69. The van der Waals surface area contributed by atoms with Crippen LogP contribution in [0.4, 0.5) is 0 Å². The van der Waals surface area contributed by atoms with E-state index in [1.807, 2.05) is 72.9 Å². The SMILES string of the molecule is c1ccc(-c2nc(-c3ccccc3)nc(-c3cccc(-c4cc(-c5cccc(-c6cccc7ccccc67)c5)cc5cccnc45)c3)n2)cc1. The molecule has 2 aromatic heterocycles. The third-order valence-corrected chi connectivity index (χ3v) is 9.13. The van der Waals surface area contributed by atoms with Crippen molar-refractivity contribution in [2.45, 2.75) is 0 Å². The van der Waals surface area contributed by atoms with Gasteiger partial charge in [0.15, 0.2) is 17.5 Å². The van der Waals surface area contributed by atoms with Gasteiger partial charge in [-0.3, -0.25) is 4.98 Å². The number of nitrogens with zero attached hydrogens (tertiary/aromatic N) is 4. The average molecular weight is 639 g/mol. The maximum absolute atomic E-state index is 4.98. The van der Waals surface area contributed by atoms with E-state index in [2.05, 4.69) is 109 Å². The highest BCUT2D eigenvalue weighted by molar-refractivity contribution is 6.00. The molecule has 0 atom stereocenters. The van der Waals surface area contributed by atoms with Gasteiger partial charge in [0.2, 0.25) is 0 Å². The molecule has 9 aromatic rings. The largest absolute Gasteiger partial charge is 0.256 e. The van der Waals surface area contributed by atoms with Crippen molar-refractivity contribution in [1.29, 1.82) is 0 Å². The summed E-state index contributed by atoms with van der Waals surface area (Å²) in [6.07, 6.45) is 1.86. The Kier molecular flexibility index (Phi) is 7.45. The highest BCUT2D eigenvalue weighted by Gasteiger charge is 2.15. The molecule has 0 aliphatic carbocycles. The Hall–Kier alpha value is -6.78. The molecule has 0 saturated heterocycles. The van der Waals surface area contributed by atoms with Crippen molar-refractivity contribution >= 4 is 21.7 Å². The molecule has 0 saturated carbocycles. The van der Waals surface area contributed by atoms with E-state index in [0.29, 0.717) is 17.5 Å². The fourth-order valence-corrected chi connectivity index (χ4v) is 6.69. The Morgan fingerprint density at radius 2 is 0.820 bits per heavy atom. The summed E-state index contributed by atoms with van der Waals surface area (Å²) < 4.78 is 0. The van der Waals surface area contributed by atoms with Crippen molar-refractivity contribution in [3.05, 3.63) is 182 Å². The molecule has 234 valence electrons. The summed E-state index contributed by atoms with van der Waals surface area (Å²) in [5.41, 5.74) is 10.5. The molecule has 50 heavy (non-hydrogen) atoms. The molecule has 0 spiro atoms. The van der Waals surface area contributed by atoms with E-state index in [1.165, 1.54) is 21.9 Å². The van der Waals surface area contributed by atoms with Crippen LogP contribution in [0.25, 0.3) is 89.2 Å². The Morgan fingerprint density at radius 1 is 0.300 bits per heavy atom. The number of hydrogen-bond donors (Lipinski definition) is 0. The Labute approximate surface area is 290 Å². The van der Waals surface area contributed by atoms with Gasteiger partial charge in [-0.15, -0.1) is 0 Å². The number of fused-ring (bicyclic) bond motifs is 2. The predicted octanol–water partition coefficient (Wildman–Crippen LogP) is 11.6. The molecule has 2 heterocycles. The van der Waals surface area contributed by atoms with Gasteiger partial charge in [-0.25, -0.2) is 15.0 Å². The van der Waals surface area contributed by atoms with Crippen LogP contribution in [0.1, 0.15) is 0 Å². The number of benzene rings is 7. The number of hydrogen-bond acceptors (Lipinski definition) is 4. The third-order valence-electron chi connectivity index (χ3n) is 9.13. The fraction of sp³-hybridized carbons (Fsp3) is 0. The molecule has 4 heteroatoms. The van der Waals surface area contributed by atoms with E-state index in [0.717, 1.165) is 49.8 Å². The Morgan fingerprint density at radius 3 is 1.56 bits per heavy atom. The summed E-state index contributed by atoms with van der Waals surface area (Å²) in [5, 5.41) is 3.56. The van der Waals surface area contributed by atoms with Crippen LogP contribution in [0.5, 0.6) is 0 Å². The van der Waals surface area contributed by atoms with Gasteiger partial charge in [-0.05, 0) is 68.9 Å². The smallest absolute Gasteiger partial charge is 0.164 e. The molecule has 0 fully saturated rings. The second-order valence-electron chi connectivity index (χ2n) is 12.3. The monoisotopic (exact) mass is 638 g/mol. The van der Waals surface area contributed by atoms with Crippen LogP contribution in [-0.2, 0) is 0 Å². The zero-order valence-electron chi connectivity index (χ0n) is 27.1. The highest BCUT2D eigenvalue weighted by atomic mass is 15.0. The third kappa shape index (κ3) is 5.59. The van der Waals surface area contributed by atoms with Crippen molar-refractivity contribution in [1.82, 2.24) is 19.9 Å². The van der Waals surface area contributed by atoms with E-state index in [4.69, 9.17) is 19.9 Å². The molecule has 0 bridgehead atoms. The van der Waals surface area contributed by atoms with Crippen LogP contribution < -0.4 is 0 Å². The van der Waals surface area contributed by atoms with Gasteiger partial charge in [-0.2, -0.15) is 0 Å². The van der Waals surface area contributed by atoms with Gasteiger partial charge in [0.05, 0.1) is 5.52 Å². The minimum atomic E-state index is 0.621. The van der Waals surface area contributed by atoms with Gasteiger partial charge in [0.25, 0.3) is 0 Å². The minimum absolute atomic E-state index is 0.621. The summed E-state index contributed by atoms with van der Waals surface area (Å²) in [6, 6.07) is 61.1. The second kappa shape index (κ2) is 12.7. The highest BCUT2D eigenvalue weighted by Crippen LogP contribution is 2.37. The maximum Gasteiger partial charge on any atom is 0.164 e. The molecule has 0 radical (unpaired) electrons. The van der Waals surface area contributed by atoms with Crippen molar-refractivity contribution in [3.63, 3.8) is 0 Å². The molecule has 7 aromatic carbocycles. The van der Waals surface area contributed by atoms with E-state index in [1.54, 1.807) is 0 Å². The molecular formula is C46H30N4. The minimum Gasteiger partial charge on any atom is -0.256 e. The van der Waals surface area contributed by atoms with E-state index < -0.39 is 0 Å². The lowest BCUT2D eigenvalue weighted by molar-refractivity contribution is 1.07. The van der Waals surface area contributed by atoms with Crippen LogP contribution in [0.2, 0.25) is 0 Å². The molecule has 0 amide bonds. The molecule has 0 aliphatic heterocycles. The molecule has 0 unspecified atom stereocenters. The first-order chi connectivity index (χ1) is 24.8. The van der Waals surface area contributed by atoms with Crippen LogP contribution >= 0.6 is 0 Å². The first kappa shape index (κ1) is 29.4. The number of aromatic nitrogens is 4. The van der Waals surface area contributed by atoms with Gasteiger partial charge in [-0.1, -0.05) is 146 Å². The molecular weight excluding hydrogens is 609 g/mol. The van der Waals surface area contributed by atoms with E-state index in [-0.39, 0.29) is 0 Å². The summed E-state index contributed by atoms with van der Waals surface area (Å²) in [6.45, 7) is 0. The predicted molar refractivity (Wildman–Crippen MR) is 205 cm³/mol. The van der Waals surface area contributed by atoms with Gasteiger partial charge >= 0.3 is 0 Å². The summed E-state index contributed by atoms with van der Waals surface area (Å²) in [4.78, 5) is 19.7. The molecule has 0 aliphatic rings. The number of pyridine rings is 1. The molecule has 4 nitrogen and oxygen atoms in total. The van der Waals surface area contributed by atoms with Crippen molar-refractivity contribution in [2.75, 3.05) is 0 Å². The van der Waals surface area contributed by atoms with Crippen molar-refractivity contribution in [3.8, 4) is 67.5 Å². The molecule has 9 rings (SSSR count). The molecule has 0 N–H and O–H groups in total. The van der Waals surface area contributed by atoms with Gasteiger partial charge in [0.1, 0.15) is 0 Å². The van der Waals surface area contributed by atoms with Gasteiger partial charge in [0, 0.05) is 33.8 Å². The normalized spacial score (nSPS) is 11.2. The second-order valence-corrected chi connectivity index (χ2v) is 12.3. The Bertz CT molecular complexity index is 2590. The number of rotatable bonds is 6. The maximum atomic E-state index is 4.98. The van der Waals surface area contributed by atoms with Crippen molar-refractivity contribution in [2.24, 2.45) is 0 Å². The quantitative estimate of drug-likeness (QED) is 0.182. The lowest BCUT2D eigenvalue weighted by Crippen LogP contribution is -2.00. The van der Waals surface area contributed by atoms with Crippen LogP contribution in [-0.4, -0.2) is 19.9 Å².